The maximum absolute atomic E-state index is 13.1. The van der Waals surface area contributed by atoms with Crippen LogP contribution in [0.1, 0.15) is 43.0 Å². The molecular weight excluding hydrogens is 521 g/mol. The second kappa shape index (κ2) is 12.3. The highest BCUT2D eigenvalue weighted by molar-refractivity contribution is 7.99. The van der Waals surface area contributed by atoms with E-state index in [-0.39, 0.29) is 5.92 Å². The van der Waals surface area contributed by atoms with E-state index in [9.17, 15) is 4.79 Å². The Hall–Kier alpha value is -2.30. The van der Waals surface area contributed by atoms with Crippen LogP contribution >= 0.6 is 35.0 Å². The van der Waals surface area contributed by atoms with E-state index in [0.717, 1.165) is 21.2 Å². The summed E-state index contributed by atoms with van der Waals surface area (Å²) in [4.78, 5) is 26.4. The van der Waals surface area contributed by atoms with Gasteiger partial charge in [0, 0.05) is 53.9 Å². The summed E-state index contributed by atoms with van der Waals surface area (Å²) in [6.07, 6.45) is 2.82. The number of ether oxygens (including phenoxy) is 2. The summed E-state index contributed by atoms with van der Waals surface area (Å²) in [7, 11) is 1.71. The van der Waals surface area contributed by atoms with Gasteiger partial charge in [0.25, 0.3) is 0 Å². The van der Waals surface area contributed by atoms with Gasteiger partial charge in [0.05, 0.1) is 18.9 Å². The van der Waals surface area contributed by atoms with Gasteiger partial charge in [0.15, 0.2) is 6.10 Å². The number of hydrazine groups is 1. The molecule has 2 aromatic heterocycles. The molecule has 192 valence electrons. The van der Waals surface area contributed by atoms with Crippen molar-refractivity contribution >= 4 is 41.1 Å². The number of nitrogens with zero attached hydrogens (tertiary/aromatic N) is 4. The van der Waals surface area contributed by atoms with Crippen LogP contribution in [0.25, 0.3) is 0 Å². The number of aromatic amines is 1. The minimum Gasteiger partial charge on any atom is -0.437 e. The quantitative estimate of drug-likeness (QED) is 0.369. The molecule has 1 aliphatic rings. The fraction of sp³-hybridized carbons (Fsp3) is 0.400. The number of rotatable bonds is 8. The monoisotopic (exact) mass is 549 g/mol. The van der Waals surface area contributed by atoms with E-state index >= 15 is 0 Å². The molecule has 1 saturated heterocycles. The number of aromatic nitrogens is 3. The molecule has 1 atom stereocenters. The van der Waals surface area contributed by atoms with Crippen molar-refractivity contribution in [1.82, 2.24) is 25.0 Å². The van der Waals surface area contributed by atoms with Gasteiger partial charge in [-0.25, -0.2) is 19.8 Å². The molecule has 1 aromatic carbocycles. The number of halogens is 2. The first-order valence-electron chi connectivity index (χ1n) is 11.7. The third-order valence-electron chi connectivity index (χ3n) is 5.71. The number of nitrogens with one attached hydrogen (secondary N) is 1. The average Bonchev–Trinajstić information content (AvgIpc) is 3.27. The van der Waals surface area contributed by atoms with E-state index < -0.39 is 12.2 Å². The lowest BCUT2D eigenvalue weighted by Gasteiger charge is -2.34. The van der Waals surface area contributed by atoms with Crippen molar-refractivity contribution in [3.63, 3.8) is 0 Å². The highest BCUT2D eigenvalue weighted by Gasteiger charge is 2.28. The highest BCUT2D eigenvalue weighted by atomic mass is 35.5. The van der Waals surface area contributed by atoms with Crippen molar-refractivity contribution in [1.29, 1.82) is 0 Å². The lowest BCUT2D eigenvalue weighted by Crippen LogP contribution is -2.49. The number of pyridine rings is 1. The summed E-state index contributed by atoms with van der Waals surface area (Å²) in [5.41, 5.74) is 1.86. The van der Waals surface area contributed by atoms with E-state index in [4.69, 9.17) is 37.7 Å². The molecule has 0 aliphatic carbocycles. The number of carbonyl (C=O) groups excluding carboxylic acids is 1. The zero-order valence-corrected chi connectivity index (χ0v) is 22.7. The molecule has 0 saturated carbocycles. The number of amides is 1. The van der Waals surface area contributed by atoms with E-state index in [1.54, 1.807) is 25.5 Å². The topological polar surface area (TPSA) is 83.6 Å². The number of imidazole rings is 1. The summed E-state index contributed by atoms with van der Waals surface area (Å²) in [5.74, 6) is 0.718. The van der Waals surface area contributed by atoms with E-state index in [0.29, 0.717) is 48.6 Å². The second-order valence-electron chi connectivity index (χ2n) is 8.72. The van der Waals surface area contributed by atoms with Crippen LogP contribution in [-0.2, 0) is 15.9 Å². The maximum atomic E-state index is 13.1. The minimum atomic E-state index is -0.627. The van der Waals surface area contributed by atoms with Crippen LogP contribution in [0.4, 0.5) is 4.79 Å². The van der Waals surface area contributed by atoms with Crippen LogP contribution < -0.4 is 0 Å². The molecule has 1 aliphatic heterocycles. The van der Waals surface area contributed by atoms with Crippen LogP contribution in [0.15, 0.2) is 52.6 Å². The molecule has 1 N–H and O–H groups in total. The molecule has 11 heteroatoms. The largest absolute Gasteiger partial charge is 0.437 e. The lowest BCUT2D eigenvalue weighted by molar-refractivity contribution is -0.0737. The Bertz CT molecular complexity index is 1150. The maximum Gasteiger partial charge on any atom is 0.424 e. The first-order chi connectivity index (χ1) is 17.3. The molecular formula is C25H29Cl2N5O3S. The van der Waals surface area contributed by atoms with E-state index in [1.165, 1.54) is 16.8 Å². The van der Waals surface area contributed by atoms with Crippen LogP contribution in [0.2, 0.25) is 10.0 Å². The van der Waals surface area contributed by atoms with Gasteiger partial charge in [0.2, 0.25) is 0 Å². The van der Waals surface area contributed by atoms with E-state index in [2.05, 4.69) is 23.8 Å². The number of H-pyrrole nitrogens is 1. The van der Waals surface area contributed by atoms with Crippen LogP contribution in [0, 0.1) is 0 Å². The molecule has 1 fully saturated rings. The number of benzene rings is 1. The minimum absolute atomic E-state index is 0.139. The Morgan fingerprint density at radius 3 is 2.50 bits per heavy atom. The molecule has 3 heterocycles. The summed E-state index contributed by atoms with van der Waals surface area (Å²) in [5, 5.41) is 5.41. The van der Waals surface area contributed by atoms with Gasteiger partial charge in [-0.15, -0.1) is 0 Å². The number of hydrogen-bond acceptors (Lipinski definition) is 7. The zero-order valence-electron chi connectivity index (χ0n) is 20.4. The molecule has 0 radical (unpaired) electrons. The predicted molar refractivity (Wildman–Crippen MR) is 141 cm³/mol. The highest BCUT2D eigenvalue weighted by Crippen LogP contribution is 2.36. The van der Waals surface area contributed by atoms with Gasteiger partial charge in [-0.1, -0.05) is 48.8 Å². The molecule has 36 heavy (non-hydrogen) atoms. The smallest absolute Gasteiger partial charge is 0.424 e. The fourth-order valence-electron chi connectivity index (χ4n) is 3.81. The Morgan fingerprint density at radius 2 is 1.86 bits per heavy atom. The molecule has 4 rings (SSSR count). The third-order valence-corrected chi connectivity index (χ3v) is 7.14. The van der Waals surface area contributed by atoms with Gasteiger partial charge in [-0.3, -0.25) is 4.98 Å². The van der Waals surface area contributed by atoms with Crippen molar-refractivity contribution in [3.05, 3.63) is 69.9 Å². The zero-order chi connectivity index (χ0) is 25.7. The summed E-state index contributed by atoms with van der Waals surface area (Å²) in [6, 6.07) is 9.22. The van der Waals surface area contributed by atoms with E-state index in [1.807, 2.05) is 29.3 Å². The van der Waals surface area contributed by atoms with Gasteiger partial charge in [-0.2, -0.15) is 0 Å². The van der Waals surface area contributed by atoms with Crippen LogP contribution in [0.3, 0.4) is 0 Å². The summed E-state index contributed by atoms with van der Waals surface area (Å²) >= 11 is 13.9. The third kappa shape index (κ3) is 6.92. The Morgan fingerprint density at radius 1 is 1.19 bits per heavy atom. The first kappa shape index (κ1) is 26.8. The van der Waals surface area contributed by atoms with Crippen molar-refractivity contribution in [3.8, 4) is 0 Å². The Labute approximate surface area is 225 Å². The van der Waals surface area contributed by atoms with Crippen molar-refractivity contribution < 1.29 is 14.3 Å². The Balaban J connectivity index is 1.62. The van der Waals surface area contributed by atoms with Crippen molar-refractivity contribution in [2.24, 2.45) is 0 Å². The van der Waals surface area contributed by atoms with Gasteiger partial charge < -0.3 is 14.5 Å². The van der Waals surface area contributed by atoms with Gasteiger partial charge in [0.1, 0.15) is 10.9 Å². The molecule has 0 spiro atoms. The molecule has 1 amide bonds. The number of morpholine rings is 1. The lowest BCUT2D eigenvalue weighted by atomic mass is 10.1. The molecule has 3 aromatic rings. The van der Waals surface area contributed by atoms with Crippen LogP contribution in [0.5, 0.6) is 0 Å². The summed E-state index contributed by atoms with van der Waals surface area (Å²) < 4.78 is 11.4. The normalized spacial score (nSPS) is 15.2. The molecule has 1 unspecified atom stereocenters. The second-order valence-corrected chi connectivity index (χ2v) is 10.7. The van der Waals surface area contributed by atoms with Gasteiger partial charge >= 0.3 is 6.09 Å². The first-order valence-corrected chi connectivity index (χ1v) is 13.3. The van der Waals surface area contributed by atoms with Crippen molar-refractivity contribution in [2.75, 3.05) is 33.4 Å². The number of carbonyl (C=O) groups is 1. The fourth-order valence-corrected chi connectivity index (χ4v) is 5.61. The predicted octanol–water partition coefficient (Wildman–Crippen LogP) is 5.99. The SMILES string of the molecule is CC(C)c1nc(C(Cc2ccncc2)OC(=O)N(C)N2CCOCC2)[nH]c1Sc1cc(Cl)cc(Cl)c1. The molecule has 0 bridgehead atoms. The number of hydrogen-bond donors (Lipinski definition) is 1. The molecule has 8 nitrogen and oxygen atoms in total. The van der Waals surface area contributed by atoms with Gasteiger partial charge in [-0.05, 0) is 41.8 Å². The standard InChI is InChI=1S/C25H29Cl2N5O3S/c1-16(2)22-24(36-20-14-18(26)13-19(27)15-20)30-23(29-22)21(12-17-4-6-28-7-5-17)35-25(33)31(3)32-8-10-34-11-9-32/h4-7,13-16,21H,8-12H2,1-3H3,(H,29,30). The summed E-state index contributed by atoms with van der Waals surface area (Å²) in [6.45, 7) is 6.55. The van der Waals surface area contributed by atoms with Crippen LogP contribution in [-0.4, -0.2) is 64.4 Å². The average molecular weight is 551 g/mol. The Kier molecular flexibility index (Phi) is 9.14. The van der Waals surface area contributed by atoms with Crippen molar-refractivity contribution in [2.45, 2.75) is 42.2 Å².